The highest BCUT2D eigenvalue weighted by Crippen LogP contribution is 2.31. The maximum Gasteiger partial charge on any atom is 0.283 e. The molecule has 0 radical (unpaired) electrons. The Morgan fingerprint density at radius 1 is 1.55 bits per heavy atom. The van der Waals surface area contributed by atoms with Gasteiger partial charge in [0.15, 0.2) is 0 Å². The molecule has 1 fully saturated rings. The lowest BCUT2D eigenvalue weighted by Gasteiger charge is -2.11. The number of nitro benzene ring substituents is 1. The van der Waals surface area contributed by atoms with Gasteiger partial charge in [0.25, 0.3) is 11.6 Å². The molecule has 1 amide bonds. The molecule has 0 saturated heterocycles. The molecule has 1 aliphatic carbocycles. The molecule has 0 aliphatic heterocycles. The van der Waals surface area contributed by atoms with Crippen molar-refractivity contribution in [3.8, 4) is 0 Å². The molecular weight excluding hydrogens is 350 g/mol. The van der Waals surface area contributed by atoms with Crippen molar-refractivity contribution in [1.29, 1.82) is 0 Å². The van der Waals surface area contributed by atoms with Gasteiger partial charge in [-0.2, -0.15) is 0 Å². The Bertz CT molecular complexity index is 523. The second-order valence-corrected chi connectivity index (χ2v) is 5.55. The van der Waals surface area contributed by atoms with Gasteiger partial charge in [-0.3, -0.25) is 14.9 Å². The summed E-state index contributed by atoms with van der Waals surface area (Å²) < 4.78 is 0.561. The van der Waals surface area contributed by atoms with Crippen LogP contribution in [0.3, 0.4) is 0 Å². The summed E-state index contributed by atoms with van der Waals surface area (Å²) in [5, 5.41) is 13.6. The van der Waals surface area contributed by atoms with Gasteiger partial charge in [-0.15, -0.1) is 12.4 Å². The second kappa shape index (κ2) is 7.01. The standard InChI is InChI=1S/C12H14BrN3O3.ClH/c13-8-3-4-9(11(5-8)16(18)19)12(17)15-6-10(14)7-1-2-7;/h3-5,7,10H,1-2,6,14H2,(H,15,17);1H. The molecule has 20 heavy (non-hydrogen) atoms. The largest absolute Gasteiger partial charge is 0.350 e. The molecule has 0 spiro atoms. The molecule has 0 bridgehead atoms. The lowest BCUT2D eigenvalue weighted by Crippen LogP contribution is -2.38. The normalized spacial score (nSPS) is 15.1. The van der Waals surface area contributed by atoms with E-state index < -0.39 is 10.8 Å². The van der Waals surface area contributed by atoms with Crippen LogP contribution in [-0.2, 0) is 0 Å². The number of carbonyl (C=O) groups is 1. The minimum atomic E-state index is -0.569. The quantitative estimate of drug-likeness (QED) is 0.618. The maximum absolute atomic E-state index is 11.9. The van der Waals surface area contributed by atoms with E-state index in [0.717, 1.165) is 12.8 Å². The molecule has 2 rings (SSSR count). The van der Waals surface area contributed by atoms with Crippen LogP contribution in [0.15, 0.2) is 22.7 Å². The van der Waals surface area contributed by atoms with Crippen molar-refractivity contribution in [3.05, 3.63) is 38.3 Å². The van der Waals surface area contributed by atoms with Crippen molar-refractivity contribution >= 4 is 39.9 Å². The first-order valence-electron chi connectivity index (χ1n) is 5.96. The Kier molecular flexibility index (Phi) is 5.91. The Morgan fingerprint density at radius 3 is 2.75 bits per heavy atom. The minimum Gasteiger partial charge on any atom is -0.350 e. The number of nitrogens with two attached hydrogens (primary N) is 1. The van der Waals surface area contributed by atoms with Crippen molar-refractivity contribution < 1.29 is 9.72 Å². The van der Waals surface area contributed by atoms with Crippen molar-refractivity contribution in [3.63, 3.8) is 0 Å². The first kappa shape index (κ1) is 16.9. The summed E-state index contributed by atoms with van der Waals surface area (Å²) in [6.45, 7) is 0.344. The molecule has 0 aromatic heterocycles. The zero-order valence-corrected chi connectivity index (χ0v) is 12.9. The van der Waals surface area contributed by atoms with Gasteiger partial charge < -0.3 is 11.1 Å². The maximum atomic E-state index is 11.9. The molecule has 1 unspecified atom stereocenters. The van der Waals surface area contributed by atoms with Crippen molar-refractivity contribution in [2.24, 2.45) is 11.7 Å². The number of nitro groups is 1. The van der Waals surface area contributed by atoms with E-state index in [1.165, 1.54) is 12.1 Å². The average Bonchev–Trinajstić information content (AvgIpc) is 3.19. The number of benzene rings is 1. The molecule has 110 valence electrons. The third-order valence-electron chi connectivity index (χ3n) is 3.13. The Hall–Kier alpha value is -1.18. The van der Waals surface area contributed by atoms with Crippen LogP contribution in [0.2, 0.25) is 0 Å². The Labute approximate surface area is 130 Å². The third kappa shape index (κ3) is 4.16. The van der Waals surface area contributed by atoms with Crippen LogP contribution in [0.25, 0.3) is 0 Å². The molecule has 0 heterocycles. The fraction of sp³-hybridized carbons (Fsp3) is 0.417. The van der Waals surface area contributed by atoms with E-state index in [2.05, 4.69) is 21.2 Å². The van der Waals surface area contributed by atoms with Gasteiger partial charge in [0, 0.05) is 23.1 Å². The number of nitrogens with zero attached hydrogens (tertiary/aromatic N) is 1. The number of amides is 1. The highest BCUT2D eigenvalue weighted by atomic mass is 79.9. The van der Waals surface area contributed by atoms with Crippen LogP contribution in [0.1, 0.15) is 23.2 Å². The van der Waals surface area contributed by atoms with Crippen molar-refractivity contribution in [1.82, 2.24) is 5.32 Å². The van der Waals surface area contributed by atoms with Gasteiger partial charge in [-0.25, -0.2) is 0 Å². The number of hydrogen-bond acceptors (Lipinski definition) is 4. The van der Waals surface area contributed by atoms with E-state index in [1.807, 2.05) is 0 Å². The molecule has 8 heteroatoms. The SMILES string of the molecule is Cl.NC(CNC(=O)c1ccc(Br)cc1[N+](=O)[O-])C1CC1. The summed E-state index contributed by atoms with van der Waals surface area (Å²) in [6.07, 6.45) is 2.19. The fourth-order valence-corrected chi connectivity index (χ4v) is 2.19. The predicted molar refractivity (Wildman–Crippen MR) is 81.1 cm³/mol. The van der Waals surface area contributed by atoms with E-state index in [-0.39, 0.29) is 29.7 Å². The number of hydrogen-bond donors (Lipinski definition) is 2. The van der Waals surface area contributed by atoms with Gasteiger partial charge in [0.1, 0.15) is 5.56 Å². The van der Waals surface area contributed by atoms with E-state index in [4.69, 9.17) is 5.73 Å². The van der Waals surface area contributed by atoms with Crippen LogP contribution < -0.4 is 11.1 Å². The highest BCUT2D eigenvalue weighted by molar-refractivity contribution is 9.10. The van der Waals surface area contributed by atoms with E-state index in [9.17, 15) is 14.9 Å². The summed E-state index contributed by atoms with van der Waals surface area (Å²) in [4.78, 5) is 22.3. The molecule has 1 aromatic rings. The monoisotopic (exact) mass is 363 g/mol. The number of rotatable bonds is 5. The lowest BCUT2D eigenvalue weighted by atomic mass is 10.1. The summed E-state index contributed by atoms with van der Waals surface area (Å²) in [5.41, 5.74) is 5.71. The summed E-state index contributed by atoms with van der Waals surface area (Å²) in [5.74, 6) is 0.00973. The van der Waals surface area contributed by atoms with Crippen LogP contribution in [-0.4, -0.2) is 23.4 Å². The summed E-state index contributed by atoms with van der Waals surface area (Å²) in [6, 6.07) is 4.28. The zero-order valence-electron chi connectivity index (χ0n) is 10.5. The molecule has 6 nitrogen and oxygen atoms in total. The van der Waals surface area contributed by atoms with Gasteiger partial charge >= 0.3 is 0 Å². The fourth-order valence-electron chi connectivity index (χ4n) is 1.84. The van der Waals surface area contributed by atoms with E-state index in [1.54, 1.807) is 6.07 Å². The zero-order chi connectivity index (χ0) is 14.0. The first-order chi connectivity index (χ1) is 8.99. The highest BCUT2D eigenvalue weighted by Gasteiger charge is 2.29. The summed E-state index contributed by atoms with van der Waals surface area (Å²) >= 11 is 3.15. The van der Waals surface area contributed by atoms with Crippen LogP contribution in [0.5, 0.6) is 0 Å². The van der Waals surface area contributed by atoms with Crippen molar-refractivity contribution in [2.75, 3.05) is 6.54 Å². The van der Waals surface area contributed by atoms with E-state index in [0.29, 0.717) is 16.9 Å². The molecular formula is C12H15BrClN3O3. The molecule has 1 aliphatic rings. The number of halogens is 2. The summed E-state index contributed by atoms with van der Waals surface area (Å²) in [7, 11) is 0. The smallest absolute Gasteiger partial charge is 0.283 e. The van der Waals surface area contributed by atoms with E-state index >= 15 is 0 Å². The Balaban J connectivity index is 0.00000200. The number of nitrogens with one attached hydrogen (secondary N) is 1. The van der Waals surface area contributed by atoms with Gasteiger partial charge in [-0.1, -0.05) is 15.9 Å². The molecule has 1 saturated carbocycles. The lowest BCUT2D eigenvalue weighted by molar-refractivity contribution is -0.385. The van der Waals surface area contributed by atoms with Crippen molar-refractivity contribution in [2.45, 2.75) is 18.9 Å². The molecule has 3 N–H and O–H groups in total. The third-order valence-corrected chi connectivity index (χ3v) is 3.62. The van der Waals surface area contributed by atoms with Crippen LogP contribution >= 0.6 is 28.3 Å². The Morgan fingerprint density at radius 2 is 2.20 bits per heavy atom. The molecule has 1 aromatic carbocycles. The van der Waals surface area contributed by atoms with Gasteiger partial charge in [-0.05, 0) is 30.9 Å². The number of carbonyl (C=O) groups excluding carboxylic acids is 1. The van der Waals surface area contributed by atoms with Crippen LogP contribution in [0.4, 0.5) is 5.69 Å². The van der Waals surface area contributed by atoms with Gasteiger partial charge in [0.2, 0.25) is 0 Å². The predicted octanol–water partition coefficient (Wildman–Crippen LogP) is 2.25. The molecule has 1 atom stereocenters. The minimum absolute atomic E-state index is 0. The average molecular weight is 365 g/mol. The topological polar surface area (TPSA) is 98.3 Å². The van der Waals surface area contributed by atoms with Crippen LogP contribution in [0, 0.1) is 16.0 Å². The van der Waals surface area contributed by atoms with Gasteiger partial charge in [0.05, 0.1) is 4.92 Å². The second-order valence-electron chi connectivity index (χ2n) is 4.63. The first-order valence-corrected chi connectivity index (χ1v) is 6.76.